The summed E-state index contributed by atoms with van der Waals surface area (Å²) in [5.74, 6) is -0.777. The average molecular weight is 393 g/mol. The Morgan fingerprint density at radius 2 is 1.74 bits per heavy atom. The van der Waals surface area contributed by atoms with Gasteiger partial charge in [0.15, 0.2) is 5.11 Å². The Morgan fingerprint density at radius 3 is 2.39 bits per heavy atom. The highest BCUT2D eigenvalue weighted by Gasteiger charge is 2.14. The molecule has 0 saturated carbocycles. The number of halogens is 1. The van der Waals surface area contributed by atoms with Crippen molar-refractivity contribution in [3.63, 3.8) is 0 Å². The van der Waals surface area contributed by atoms with E-state index in [1.807, 2.05) is 24.3 Å². The van der Waals surface area contributed by atoms with E-state index in [9.17, 15) is 9.59 Å². The molecule has 0 aliphatic carbocycles. The molecule has 0 fully saturated rings. The minimum Gasteiger partial charge on any atom is -0.426 e. The van der Waals surface area contributed by atoms with Crippen LogP contribution in [0.5, 0.6) is 5.75 Å². The van der Waals surface area contributed by atoms with Gasteiger partial charge < -0.3 is 10.1 Å². The molecule has 0 atom stereocenters. The van der Waals surface area contributed by atoms with E-state index in [0.717, 1.165) is 10.2 Å². The predicted molar refractivity (Wildman–Crippen MR) is 95.6 cm³/mol. The van der Waals surface area contributed by atoms with Crippen LogP contribution in [0, 0.1) is 0 Å². The molecule has 0 unspecified atom stereocenters. The number of anilines is 1. The first-order valence-corrected chi connectivity index (χ1v) is 7.81. The zero-order valence-corrected chi connectivity index (χ0v) is 14.5. The van der Waals surface area contributed by atoms with Crippen molar-refractivity contribution in [2.45, 2.75) is 6.92 Å². The fraction of sp³-hybridized carbons (Fsp3) is 0.0625. The molecule has 0 spiro atoms. The molecule has 1 amide bonds. The van der Waals surface area contributed by atoms with Crippen molar-refractivity contribution in [1.82, 2.24) is 5.32 Å². The van der Waals surface area contributed by atoms with Crippen LogP contribution in [0.25, 0.3) is 0 Å². The topological polar surface area (TPSA) is 67.4 Å². The van der Waals surface area contributed by atoms with Crippen LogP contribution < -0.4 is 15.4 Å². The molecule has 0 aliphatic heterocycles. The van der Waals surface area contributed by atoms with Crippen LogP contribution in [0.1, 0.15) is 17.3 Å². The lowest BCUT2D eigenvalue weighted by Crippen LogP contribution is -2.34. The number of benzene rings is 2. The summed E-state index contributed by atoms with van der Waals surface area (Å²) in [6.45, 7) is 1.27. The summed E-state index contributed by atoms with van der Waals surface area (Å²) in [5, 5.41) is 5.60. The molecule has 0 aromatic heterocycles. The second kappa shape index (κ2) is 7.85. The van der Waals surface area contributed by atoms with Gasteiger partial charge in [0.1, 0.15) is 5.75 Å². The van der Waals surface area contributed by atoms with Crippen LogP contribution in [0.2, 0.25) is 0 Å². The second-order valence-electron chi connectivity index (χ2n) is 4.50. The molecule has 7 heteroatoms. The quantitative estimate of drug-likeness (QED) is 0.475. The summed E-state index contributed by atoms with van der Waals surface area (Å²) in [7, 11) is 0. The van der Waals surface area contributed by atoms with Gasteiger partial charge in [0, 0.05) is 17.1 Å². The van der Waals surface area contributed by atoms with Gasteiger partial charge in [0.05, 0.1) is 5.56 Å². The van der Waals surface area contributed by atoms with Gasteiger partial charge in [0.2, 0.25) is 0 Å². The normalized spacial score (nSPS) is 9.83. The Hall–Kier alpha value is -2.25. The van der Waals surface area contributed by atoms with Gasteiger partial charge in [-0.2, -0.15) is 0 Å². The highest BCUT2D eigenvalue weighted by atomic mass is 79.9. The minimum absolute atomic E-state index is 0.148. The Balaban J connectivity index is 2.05. The molecule has 2 aromatic rings. The molecule has 2 rings (SSSR count). The van der Waals surface area contributed by atoms with Crippen LogP contribution in [-0.4, -0.2) is 17.0 Å². The number of amides is 1. The molecular formula is C16H13BrN2O3S. The summed E-state index contributed by atoms with van der Waals surface area (Å²) in [6, 6.07) is 13.8. The molecule has 2 N–H and O–H groups in total. The molecule has 23 heavy (non-hydrogen) atoms. The predicted octanol–water partition coefficient (Wildman–Crippen LogP) is 3.50. The third-order valence-electron chi connectivity index (χ3n) is 2.71. The molecule has 0 heterocycles. The molecule has 0 saturated heterocycles. The van der Waals surface area contributed by atoms with Gasteiger partial charge in [-0.1, -0.05) is 28.1 Å². The number of esters is 1. The molecule has 0 bridgehead atoms. The number of hydrogen-bond donors (Lipinski definition) is 2. The van der Waals surface area contributed by atoms with E-state index >= 15 is 0 Å². The molecule has 118 valence electrons. The van der Waals surface area contributed by atoms with E-state index in [1.165, 1.54) is 6.92 Å². The largest absolute Gasteiger partial charge is 0.426 e. The van der Waals surface area contributed by atoms with Crippen molar-refractivity contribution >= 4 is 50.8 Å². The first-order chi connectivity index (χ1) is 11.0. The van der Waals surface area contributed by atoms with E-state index in [-0.39, 0.29) is 16.4 Å². The van der Waals surface area contributed by atoms with Gasteiger partial charge in [-0.05, 0) is 48.6 Å². The fourth-order valence-electron chi connectivity index (χ4n) is 1.76. The Kier molecular flexibility index (Phi) is 5.84. The van der Waals surface area contributed by atoms with Crippen LogP contribution in [0.4, 0.5) is 5.69 Å². The summed E-state index contributed by atoms with van der Waals surface area (Å²) in [6.07, 6.45) is 0. The number of carbonyl (C=O) groups is 2. The first kappa shape index (κ1) is 17.1. The van der Waals surface area contributed by atoms with Gasteiger partial charge in [-0.25, -0.2) is 0 Å². The summed E-state index contributed by atoms with van der Waals surface area (Å²) >= 11 is 8.45. The minimum atomic E-state index is -0.499. The van der Waals surface area contributed by atoms with E-state index in [4.69, 9.17) is 17.0 Å². The van der Waals surface area contributed by atoms with Crippen molar-refractivity contribution in [1.29, 1.82) is 0 Å². The van der Waals surface area contributed by atoms with Gasteiger partial charge in [-0.15, -0.1) is 0 Å². The number of thiocarbonyl (C=S) groups is 1. The van der Waals surface area contributed by atoms with Gasteiger partial charge >= 0.3 is 5.97 Å². The average Bonchev–Trinajstić information content (AvgIpc) is 2.49. The lowest BCUT2D eigenvalue weighted by atomic mass is 10.2. The van der Waals surface area contributed by atoms with Crippen molar-refractivity contribution in [2.24, 2.45) is 0 Å². The van der Waals surface area contributed by atoms with Gasteiger partial charge in [-0.3, -0.25) is 14.9 Å². The molecule has 0 radical (unpaired) electrons. The number of nitrogens with one attached hydrogen (secondary N) is 2. The smallest absolute Gasteiger partial charge is 0.308 e. The second-order valence-corrected chi connectivity index (χ2v) is 5.83. The standard InChI is InChI=1S/C16H13BrN2O3S/c1-10(20)22-14-5-3-2-4-13(14)15(21)19-16(23)18-12-8-6-11(17)7-9-12/h2-9H,1H3,(H2,18,19,21,23). The number of ether oxygens (including phenoxy) is 1. The Morgan fingerprint density at radius 1 is 1.09 bits per heavy atom. The Bertz CT molecular complexity index is 747. The lowest BCUT2D eigenvalue weighted by Gasteiger charge is -2.11. The fourth-order valence-corrected chi connectivity index (χ4v) is 2.24. The van der Waals surface area contributed by atoms with Crippen LogP contribution in [0.15, 0.2) is 53.0 Å². The number of carbonyl (C=O) groups excluding carboxylic acids is 2. The van der Waals surface area contributed by atoms with E-state index in [0.29, 0.717) is 0 Å². The number of para-hydroxylation sites is 1. The monoisotopic (exact) mass is 392 g/mol. The third kappa shape index (κ3) is 5.15. The van der Waals surface area contributed by atoms with E-state index in [1.54, 1.807) is 24.3 Å². The van der Waals surface area contributed by atoms with E-state index in [2.05, 4.69) is 26.6 Å². The maximum Gasteiger partial charge on any atom is 0.308 e. The zero-order chi connectivity index (χ0) is 16.8. The SMILES string of the molecule is CC(=O)Oc1ccccc1C(=O)NC(=S)Nc1ccc(Br)cc1. The molecule has 5 nitrogen and oxygen atoms in total. The number of rotatable bonds is 3. The molecule has 2 aromatic carbocycles. The zero-order valence-electron chi connectivity index (χ0n) is 12.1. The Labute approximate surface area is 147 Å². The summed E-state index contributed by atoms with van der Waals surface area (Å²) in [5.41, 5.74) is 0.967. The highest BCUT2D eigenvalue weighted by molar-refractivity contribution is 9.10. The maximum absolute atomic E-state index is 12.3. The van der Waals surface area contributed by atoms with Crippen LogP contribution in [-0.2, 0) is 4.79 Å². The lowest BCUT2D eigenvalue weighted by molar-refractivity contribution is -0.131. The third-order valence-corrected chi connectivity index (χ3v) is 3.45. The maximum atomic E-state index is 12.3. The van der Waals surface area contributed by atoms with Crippen molar-refractivity contribution in [2.75, 3.05) is 5.32 Å². The van der Waals surface area contributed by atoms with Crippen LogP contribution in [0.3, 0.4) is 0 Å². The summed E-state index contributed by atoms with van der Waals surface area (Å²) < 4.78 is 5.95. The van der Waals surface area contributed by atoms with E-state index < -0.39 is 11.9 Å². The molecular weight excluding hydrogens is 380 g/mol. The van der Waals surface area contributed by atoms with Crippen molar-refractivity contribution < 1.29 is 14.3 Å². The van der Waals surface area contributed by atoms with Gasteiger partial charge in [0.25, 0.3) is 5.91 Å². The highest BCUT2D eigenvalue weighted by Crippen LogP contribution is 2.18. The number of hydrogen-bond acceptors (Lipinski definition) is 4. The molecule has 0 aliphatic rings. The van der Waals surface area contributed by atoms with Crippen LogP contribution >= 0.6 is 28.1 Å². The first-order valence-electron chi connectivity index (χ1n) is 6.61. The van der Waals surface area contributed by atoms with Crippen molar-refractivity contribution in [3.8, 4) is 5.75 Å². The summed E-state index contributed by atoms with van der Waals surface area (Å²) in [4.78, 5) is 23.3. The van der Waals surface area contributed by atoms with Crippen molar-refractivity contribution in [3.05, 3.63) is 58.6 Å².